The van der Waals surface area contributed by atoms with Crippen molar-refractivity contribution in [3.63, 3.8) is 0 Å². The molecule has 2 aliphatic rings. The van der Waals surface area contributed by atoms with Crippen molar-refractivity contribution in [2.75, 3.05) is 0 Å². The molecule has 0 aromatic heterocycles. The Morgan fingerprint density at radius 2 is 0.816 bits per heavy atom. The highest BCUT2D eigenvalue weighted by Gasteiger charge is 2.39. The molecule has 0 bridgehead atoms. The predicted molar refractivity (Wildman–Crippen MR) is 159 cm³/mol. The van der Waals surface area contributed by atoms with Crippen LogP contribution in [0.3, 0.4) is 0 Å². The summed E-state index contributed by atoms with van der Waals surface area (Å²) in [5.74, 6) is 2.25. The molecule has 4 aromatic carbocycles. The lowest BCUT2D eigenvalue weighted by Crippen LogP contribution is -2.22. The van der Waals surface area contributed by atoms with Gasteiger partial charge in [0.2, 0.25) is 0 Å². The smallest absolute Gasteiger partial charge is 0.365 e. The van der Waals surface area contributed by atoms with E-state index in [4.69, 9.17) is 41.7 Å². The molecule has 194 valence electrons. The normalized spacial score (nSPS) is 17.6. The maximum Gasteiger partial charge on any atom is 0.365 e. The Labute approximate surface area is 232 Å². The topological polar surface area (TPSA) is 61.0 Å². The standard InChI is InChI=1S/C28H26N2O4P2S2/c1-19(21-11-5-3-6-12-21)29-35(37)31-23-15-9-17-25-27(23)28-24(32-35)16-10-18-26(28)34-36(38,33-25)30-20(2)22-13-7-4-8-14-22/h3-20H,1-2H3,(H,29,37)(H,30,38)/t19-,20-,35?,36?/m0/s1. The van der Waals surface area contributed by atoms with Gasteiger partial charge in [-0.25, -0.2) is 10.2 Å². The molecule has 0 fully saturated rings. The number of hydrogen-bond donors (Lipinski definition) is 2. The van der Waals surface area contributed by atoms with Gasteiger partial charge >= 0.3 is 13.3 Å². The van der Waals surface area contributed by atoms with E-state index in [0.717, 1.165) is 22.3 Å². The first-order valence-electron chi connectivity index (χ1n) is 12.2. The molecule has 0 saturated heterocycles. The van der Waals surface area contributed by atoms with E-state index in [9.17, 15) is 0 Å². The molecular formula is C28H26N2O4P2S2. The van der Waals surface area contributed by atoms with Gasteiger partial charge in [-0.15, -0.1) is 0 Å². The van der Waals surface area contributed by atoms with Crippen LogP contribution in [0.15, 0.2) is 97.1 Å². The molecule has 0 spiro atoms. The summed E-state index contributed by atoms with van der Waals surface area (Å²) in [7, 11) is 0. The summed E-state index contributed by atoms with van der Waals surface area (Å²) in [4.78, 5) is 0. The van der Waals surface area contributed by atoms with Crippen molar-refractivity contribution in [1.29, 1.82) is 0 Å². The Morgan fingerprint density at radius 1 is 0.500 bits per heavy atom. The van der Waals surface area contributed by atoms with Crippen LogP contribution in [0.4, 0.5) is 0 Å². The third-order valence-electron chi connectivity index (χ3n) is 6.40. The fourth-order valence-electron chi connectivity index (χ4n) is 4.59. The van der Waals surface area contributed by atoms with Crippen molar-refractivity contribution in [3.8, 4) is 34.1 Å². The Bertz CT molecular complexity index is 1410. The highest BCUT2D eigenvalue weighted by atomic mass is 32.5. The molecule has 10 heteroatoms. The summed E-state index contributed by atoms with van der Waals surface area (Å²) < 4.78 is 25.9. The van der Waals surface area contributed by atoms with Crippen LogP contribution in [0.2, 0.25) is 0 Å². The summed E-state index contributed by atoms with van der Waals surface area (Å²) >= 11 is 12.0. The van der Waals surface area contributed by atoms with Crippen LogP contribution in [-0.2, 0) is 23.6 Å². The maximum atomic E-state index is 6.48. The highest BCUT2D eigenvalue weighted by Crippen LogP contribution is 2.64. The van der Waals surface area contributed by atoms with E-state index in [1.165, 1.54) is 0 Å². The van der Waals surface area contributed by atoms with Gasteiger partial charge in [-0.05, 0) is 49.2 Å². The van der Waals surface area contributed by atoms with Crippen LogP contribution in [0, 0.1) is 0 Å². The van der Waals surface area contributed by atoms with Gasteiger partial charge in [-0.1, -0.05) is 72.8 Å². The molecule has 0 saturated carbocycles. The molecule has 6 nitrogen and oxygen atoms in total. The monoisotopic (exact) mass is 580 g/mol. The Hall–Kier alpha value is -2.70. The Balaban J connectivity index is 1.40. The predicted octanol–water partition coefficient (Wildman–Crippen LogP) is 8.05. The van der Waals surface area contributed by atoms with Gasteiger partial charge in [-0.3, -0.25) is 0 Å². The van der Waals surface area contributed by atoms with Gasteiger partial charge in [-0.2, -0.15) is 0 Å². The first-order valence-corrected chi connectivity index (χ1v) is 17.5. The van der Waals surface area contributed by atoms with Gasteiger partial charge < -0.3 is 18.1 Å². The fraction of sp³-hybridized carbons (Fsp3) is 0.143. The zero-order valence-electron chi connectivity index (χ0n) is 20.7. The third kappa shape index (κ3) is 5.01. The maximum absolute atomic E-state index is 6.48. The molecular weight excluding hydrogens is 554 g/mol. The molecule has 2 aliphatic heterocycles. The van der Waals surface area contributed by atoms with Gasteiger partial charge in [0, 0.05) is 35.7 Å². The second kappa shape index (κ2) is 10.1. The van der Waals surface area contributed by atoms with E-state index in [1.807, 2.05) is 111 Å². The average Bonchev–Trinajstić information content (AvgIpc) is 3.12. The first kappa shape index (κ1) is 25.6. The molecule has 38 heavy (non-hydrogen) atoms. The number of nitrogens with one attached hydrogen (secondary N) is 2. The quantitative estimate of drug-likeness (QED) is 0.222. The van der Waals surface area contributed by atoms with Gasteiger partial charge in [0.25, 0.3) is 0 Å². The van der Waals surface area contributed by atoms with E-state index in [-0.39, 0.29) is 12.1 Å². The average molecular weight is 581 g/mol. The number of hydrogen-bond acceptors (Lipinski definition) is 6. The molecule has 2 N–H and O–H groups in total. The van der Waals surface area contributed by atoms with Crippen LogP contribution in [-0.4, -0.2) is 0 Å². The fourth-order valence-corrected chi connectivity index (χ4v) is 9.68. The minimum Gasteiger partial charge on any atom is -0.424 e. The molecule has 4 aromatic rings. The van der Waals surface area contributed by atoms with Crippen molar-refractivity contribution < 1.29 is 18.1 Å². The van der Waals surface area contributed by atoms with Gasteiger partial charge in [0.05, 0.1) is 11.1 Å². The summed E-state index contributed by atoms with van der Waals surface area (Å²) in [6.45, 7) is -1.96. The molecule has 0 unspecified atom stereocenters. The summed E-state index contributed by atoms with van der Waals surface area (Å²) in [6, 6.07) is 31.2. The zero-order chi connectivity index (χ0) is 26.3. The molecule has 0 radical (unpaired) electrons. The minimum atomic E-state index is -3.02. The van der Waals surface area contributed by atoms with Crippen LogP contribution < -0.4 is 28.3 Å². The lowest BCUT2D eigenvalue weighted by Gasteiger charge is -2.28. The van der Waals surface area contributed by atoms with Crippen molar-refractivity contribution in [2.45, 2.75) is 25.9 Å². The van der Waals surface area contributed by atoms with Gasteiger partial charge in [0.15, 0.2) is 0 Å². The Kier molecular flexibility index (Phi) is 6.81. The van der Waals surface area contributed by atoms with E-state index >= 15 is 0 Å². The van der Waals surface area contributed by atoms with Crippen molar-refractivity contribution >= 4 is 36.9 Å². The molecule has 6 rings (SSSR count). The van der Waals surface area contributed by atoms with Crippen molar-refractivity contribution in [3.05, 3.63) is 108 Å². The van der Waals surface area contributed by atoms with Gasteiger partial charge in [0.1, 0.15) is 23.0 Å². The van der Waals surface area contributed by atoms with E-state index in [2.05, 4.69) is 10.2 Å². The Morgan fingerprint density at radius 3 is 1.13 bits per heavy atom. The zero-order valence-corrected chi connectivity index (χ0v) is 24.2. The van der Waals surface area contributed by atoms with Crippen molar-refractivity contribution in [2.24, 2.45) is 0 Å². The number of benzene rings is 4. The largest absolute Gasteiger partial charge is 0.424 e. The lowest BCUT2D eigenvalue weighted by molar-refractivity contribution is 0.454. The number of rotatable bonds is 6. The van der Waals surface area contributed by atoms with Crippen molar-refractivity contribution in [1.82, 2.24) is 10.2 Å². The van der Waals surface area contributed by atoms with Crippen LogP contribution in [0.25, 0.3) is 11.1 Å². The second-order valence-corrected chi connectivity index (χ2v) is 15.3. The molecule has 2 heterocycles. The molecule has 0 amide bonds. The molecule has 2 atom stereocenters. The summed E-state index contributed by atoms with van der Waals surface area (Å²) in [6.07, 6.45) is 0. The summed E-state index contributed by atoms with van der Waals surface area (Å²) in [5.41, 5.74) is 3.62. The van der Waals surface area contributed by atoms with E-state index in [1.54, 1.807) is 0 Å². The van der Waals surface area contributed by atoms with E-state index < -0.39 is 13.3 Å². The van der Waals surface area contributed by atoms with Crippen LogP contribution in [0.1, 0.15) is 37.1 Å². The van der Waals surface area contributed by atoms with Crippen LogP contribution >= 0.6 is 13.3 Å². The molecule has 0 aliphatic carbocycles. The summed E-state index contributed by atoms with van der Waals surface area (Å²) in [5, 5.41) is 6.89. The minimum absolute atomic E-state index is 0.0892. The lowest BCUT2D eigenvalue weighted by atomic mass is 10.0. The van der Waals surface area contributed by atoms with E-state index in [0.29, 0.717) is 23.0 Å². The van der Waals surface area contributed by atoms with Crippen LogP contribution in [0.5, 0.6) is 23.0 Å². The SMILES string of the molecule is C[C@H](NP1(=S)Oc2cccc3c2-c2c(cccc2OP(=S)(N[C@@H](C)c2ccccc2)O3)O1)c1ccccc1. The highest BCUT2D eigenvalue weighted by molar-refractivity contribution is 8.09. The first-order chi connectivity index (χ1) is 18.3. The third-order valence-corrected chi connectivity index (χ3v) is 11.1. The second-order valence-electron chi connectivity index (χ2n) is 9.14.